The molecule has 7 heteroatoms. The molecule has 0 spiro atoms. The standard InChI is InChI=1S/C9H8N6O/c16-15-10-5-4-7(13-15)6-2-1-3-8-9(6)12-14-11-8/h1-5,11-12,14H. The second-order valence-corrected chi connectivity index (χ2v) is 3.27. The van der Waals surface area contributed by atoms with E-state index in [1.807, 2.05) is 18.2 Å². The van der Waals surface area contributed by atoms with E-state index in [2.05, 4.69) is 26.6 Å². The van der Waals surface area contributed by atoms with Crippen LogP contribution in [0.15, 0.2) is 30.5 Å². The van der Waals surface area contributed by atoms with Crippen molar-refractivity contribution < 1.29 is 4.96 Å². The summed E-state index contributed by atoms with van der Waals surface area (Å²) in [5, 5.41) is 18.2. The quantitative estimate of drug-likeness (QED) is 0.460. The Kier molecular flexibility index (Phi) is 1.84. The molecule has 80 valence electrons. The molecule has 0 unspecified atom stereocenters. The predicted molar refractivity (Wildman–Crippen MR) is 56.8 cm³/mol. The summed E-state index contributed by atoms with van der Waals surface area (Å²) in [4.78, 5) is 0.296. The number of para-hydroxylation sites is 1. The maximum Gasteiger partial charge on any atom is 0.146 e. The second-order valence-electron chi connectivity index (χ2n) is 3.27. The lowest BCUT2D eigenvalue weighted by atomic mass is 10.1. The van der Waals surface area contributed by atoms with E-state index in [0.717, 1.165) is 16.9 Å². The first-order valence-corrected chi connectivity index (χ1v) is 4.68. The molecule has 2 aromatic rings. The van der Waals surface area contributed by atoms with Gasteiger partial charge in [-0.25, -0.2) is 0 Å². The van der Waals surface area contributed by atoms with Crippen LogP contribution in [0.1, 0.15) is 0 Å². The number of benzene rings is 1. The van der Waals surface area contributed by atoms with Crippen LogP contribution in [0.5, 0.6) is 0 Å². The van der Waals surface area contributed by atoms with Crippen LogP contribution < -0.4 is 21.3 Å². The number of nitrogens with one attached hydrogen (secondary N) is 3. The van der Waals surface area contributed by atoms with Crippen molar-refractivity contribution in [2.45, 2.75) is 0 Å². The van der Waals surface area contributed by atoms with Gasteiger partial charge in [-0.2, -0.15) is 0 Å². The van der Waals surface area contributed by atoms with E-state index >= 15 is 0 Å². The highest BCUT2D eigenvalue weighted by molar-refractivity contribution is 5.87. The van der Waals surface area contributed by atoms with Crippen molar-refractivity contribution >= 4 is 11.4 Å². The van der Waals surface area contributed by atoms with Gasteiger partial charge < -0.3 is 16.1 Å². The molecule has 0 saturated heterocycles. The number of fused-ring (bicyclic) bond motifs is 1. The van der Waals surface area contributed by atoms with Gasteiger partial charge in [-0.05, 0) is 12.1 Å². The summed E-state index contributed by atoms with van der Waals surface area (Å²) in [5.74, 6) is 0. The fraction of sp³-hybridized carbons (Fsp3) is 0. The Morgan fingerprint density at radius 2 is 2.12 bits per heavy atom. The van der Waals surface area contributed by atoms with Gasteiger partial charge in [0.15, 0.2) is 0 Å². The Hall–Kier alpha value is -2.41. The van der Waals surface area contributed by atoms with Gasteiger partial charge in [-0.1, -0.05) is 12.1 Å². The molecule has 3 rings (SSSR count). The number of aromatic nitrogens is 3. The Bertz CT molecular complexity index is 543. The molecule has 1 aromatic heterocycles. The van der Waals surface area contributed by atoms with E-state index in [-0.39, 0.29) is 0 Å². The van der Waals surface area contributed by atoms with Crippen molar-refractivity contribution in [3.05, 3.63) is 35.7 Å². The molecular formula is C9H8N6O. The number of rotatable bonds is 1. The highest BCUT2D eigenvalue weighted by Gasteiger charge is 2.16. The summed E-state index contributed by atoms with van der Waals surface area (Å²) in [6, 6.07) is 7.36. The summed E-state index contributed by atoms with van der Waals surface area (Å²) < 4.78 is 0. The minimum absolute atomic E-state index is 0.296. The normalized spacial score (nSPS) is 12.8. The van der Waals surface area contributed by atoms with Gasteiger partial charge in [0, 0.05) is 15.8 Å². The SMILES string of the molecule is [O-][n+]1nccc(-c2cccc3c2NNN3)n1. The minimum Gasteiger partial charge on any atom is -0.569 e. The van der Waals surface area contributed by atoms with Gasteiger partial charge in [-0.15, -0.1) is 5.53 Å². The van der Waals surface area contributed by atoms with E-state index < -0.39 is 0 Å². The maximum atomic E-state index is 11.0. The number of hydrogen-bond donors (Lipinski definition) is 3. The van der Waals surface area contributed by atoms with Crippen molar-refractivity contribution in [3.8, 4) is 11.3 Å². The van der Waals surface area contributed by atoms with Crippen molar-refractivity contribution in [1.29, 1.82) is 0 Å². The van der Waals surface area contributed by atoms with Crippen molar-refractivity contribution in [1.82, 2.24) is 15.7 Å². The average molecular weight is 216 g/mol. The molecule has 1 aliphatic rings. The van der Waals surface area contributed by atoms with Crippen LogP contribution in [0.2, 0.25) is 0 Å². The monoisotopic (exact) mass is 216 g/mol. The van der Waals surface area contributed by atoms with Crippen molar-refractivity contribution in [2.24, 2.45) is 0 Å². The predicted octanol–water partition coefficient (Wildman–Crippen LogP) is 0.0340. The molecule has 0 aliphatic carbocycles. The zero-order chi connectivity index (χ0) is 11.0. The van der Waals surface area contributed by atoms with Crippen LogP contribution in [-0.2, 0) is 0 Å². The van der Waals surface area contributed by atoms with Crippen molar-refractivity contribution in [3.63, 3.8) is 0 Å². The molecule has 2 heterocycles. The van der Waals surface area contributed by atoms with Crippen LogP contribution >= 0.6 is 0 Å². The molecule has 0 radical (unpaired) electrons. The molecule has 0 saturated carbocycles. The third-order valence-corrected chi connectivity index (χ3v) is 2.32. The van der Waals surface area contributed by atoms with Gasteiger partial charge in [0.25, 0.3) is 0 Å². The first kappa shape index (κ1) is 8.86. The smallest absolute Gasteiger partial charge is 0.146 e. The lowest BCUT2D eigenvalue weighted by molar-refractivity contribution is -0.727. The van der Waals surface area contributed by atoms with Gasteiger partial charge in [0.1, 0.15) is 11.9 Å². The van der Waals surface area contributed by atoms with E-state index in [4.69, 9.17) is 0 Å². The Balaban J connectivity index is 2.17. The molecule has 16 heavy (non-hydrogen) atoms. The third-order valence-electron chi connectivity index (χ3n) is 2.32. The van der Waals surface area contributed by atoms with Crippen LogP contribution in [0.25, 0.3) is 11.3 Å². The number of hydrazine groups is 2. The first-order valence-electron chi connectivity index (χ1n) is 4.68. The van der Waals surface area contributed by atoms with Crippen LogP contribution in [0, 0.1) is 5.21 Å². The molecule has 0 atom stereocenters. The highest BCUT2D eigenvalue weighted by Crippen LogP contribution is 2.33. The largest absolute Gasteiger partial charge is 0.569 e. The molecule has 0 fully saturated rings. The number of anilines is 2. The van der Waals surface area contributed by atoms with E-state index in [1.54, 1.807) is 6.07 Å². The van der Waals surface area contributed by atoms with E-state index in [0.29, 0.717) is 10.7 Å². The Labute approximate surface area is 90.6 Å². The van der Waals surface area contributed by atoms with Gasteiger partial charge >= 0.3 is 0 Å². The lowest BCUT2D eigenvalue weighted by Crippen LogP contribution is -2.35. The average Bonchev–Trinajstić information content (AvgIpc) is 2.76. The fourth-order valence-electron chi connectivity index (χ4n) is 1.62. The maximum absolute atomic E-state index is 11.0. The second kappa shape index (κ2) is 3.31. The summed E-state index contributed by atoms with van der Waals surface area (Å²) >= 11 is 0. The molecular weight excluding hydrogens is 208 g/mol. The van der Waals surface area contributed by atoms with Crippen LogP contribution in [0.3, 0.4) is 0 Å². The molecule has 3 N–H and O–H groups in total. The van der Waals surface area contributed by atoms with Gasteiger partial charge in [-0.3, -0.25) is 0 Å². The lowest BCUT2D eigenvalue weighted by Gasteiger charge is -2.04. The van der Waals surface area contributed by atoms with E-state index in [9.17, 15) is 5.21 Å². The fourth-order valence-corrected chi connectivity index (χ4v) is 1.62. The van der Waals surface area contributed by atoms with E-state index in [1.165, 1.54) is 6.20 Å². The topological polar surface area (TPSA) is 88.8 Å². The number of nitrogens with zero attached hydrogens (tertiary/aromatic N) is 3. The number of hydrogen-bond acceptors (Lipinski definition) is 6. The Morgan fingerprint density at radius 1 is 1.19 bits per heavy atom. The van der Waals surface area contributed by atoms with Crippen LogP contribution in [-0.4, -0.2) is 10.2 Å². The molecule has 0 amide bonds. The summed E-state index contributed by atoms with van der Waals surface area (Å²) in [5.41, 5.74) is 11.9. The van der Waals surface area contributed by atoms with Crippen molar-refractivity contribution in [2.75, 3.05) is 10.9 Å². The zero-order valence-corrected chi connectivity index (χ0v) is 8.14. The Morgan fingerprint density at radius 3 is 3.00 bits per heavy atom. The summed E-state index contributed by atoms with van der Waals surface area (Å²) in [6.45, 7) is 0. The minimum atomic E-state index is 0.296. The summed E-state index contributed by atoms with van der Waals surface area (Å²) in [6.07, 6.45) is 1.42. The third kappa shape index (κ3) is 1.30. The van der Waals surface area contributed by atoms with Gasteiger partial charge in [0.2, 0.25) is 0 Å². The van der Waals surface area contributed by atoms with Crippen LogP contribution in [0.4, 0.5) is 11.4 Å². The molecule has 0 bridgehead atoms. The summed E-state index contributed by atoms with van der Waals surface area (Å²) in [7, 11) is 0. The molecule has 7 nitrogen and oxygen atoms in total. The highest BCUT2D eigenvalue weighted by atomic mass is 16.5. The molecule has 1 aliphatic heterocycles. The van der Waals surface area contributed by atoms with Gasteiger partial charge in [0.05, 0.1) is 16.3 Å². The zero-order valence-electron chi connectivity index (χ0n) is 8.14. The molecule has 1 aromatic carbocycles. The first-order chi connectivity index (χ1) is 7.84.